The van der Waals surface area contributed by atoms with E-state index in [2.05, 4.69) is 39.1 Å². The molecule has 1 aliphatic heterocycles. The SMILES string of the molecule is CCN1CCCC(NCc2ccc(Br)c(Cl)c2)C1. The average Bonchev–Trinajstić information content (AvgIpc) is 2.40. The van der Waals surface area contributed by atoms with Gasteiger partial charge >= 0.3 is 0 Å². The molecule has 0 amide bonds. The molecule has 0 bridgehead atoms. The van der Waals surface area contributed by atoms with Crippen LogP contribution in [0, 0.1) is 0 Å². The van der Waals surface area contributed by atoms with Crippen molar-refractivity contribution < 1.29 is 0 Å². The van der Waals surface area contributed by atoms with Crippen LogP contribution >= 0.6 is 27.5 Å². The molecule has 18 heavy (non-hydrogen) atoms. The number of nitrogens with zero attached hydrogens (tertiary/aromatic N) is 1. The predicted octanol–water partition coefficient (Wildman–Crippen LogP) is 3.68. The fraction of sp³-hybridized carbons (Fsp3) is 0.571. The van der Waals surface area contributed by atoms with Crippen LogP contribution in [0.25, 0.3) is 0 Å². The molecule has 1 aliphatic rings. The highest BCUT2D eigenvalue weighted by Crippen LogP contribution is 2.23. The normalized spacial score (nSPS) is 21.2. The van der Waals surface area contributed by atoms with Gasteiger partial charge in [-0.25, -0.2) is 0 Å². The second kappa shape index (κ2) is 6.90. The van der Waals surface area contributed by atoms with Gasteiger partial charge in [0.15, 0.2) is 0 Å². The molecular weight excluding hydrogens is 312 g/mol. The van der Waals surface area contributed by atoms with Crippen molar-refractivity contribution in [2.45, 2.75) is 32.4 Å². The van der Waals surface area contributed by atoms with E-state index >= 15 is 0 Å². The topological polar surface area (TPSA) is 15.3 Å². The Hall–Kier alpha value is -0.0900. The molecule has 0 saturated carbocycles. The van der Waals surface area contributed by atoms with Crippen molar-refractivity contribution in [2.24, 2.45) is 0 Å². The molecule has 100 valence electrons. The lowest BCUT2D eigenvalue weighted by molar-refractivity contribution is 0.198. The maximum atomic E-state index is 6.10. The lowest BCUT2D eigenvalue weighted by Crippen LogP contribution is -2.45. The summed E-state index contributed by atoms with van der Waals surface area (Å²) in [6, 6.07) is 6.77. The molecule has 1 saturated heterocycles. The number of hydrogen-bond acceptors (Lipinski definition) is 2. The Morgan fingerprint density at radius 2 is 2.33 bits per heavy atom. The van der Waals surface area contributed by atoms with Gasteiger partial charge in [0.2, 0.25) is 0 Å². The van der Waals surface area contributed by atoms with Gasteiger partial charge in [0.05, 0.1) is 5.02 Å². The highest BCUT2D eigenvalue weighted by atomic mass is 79.9. The molecule has 2 nitrogen and oxygen atoms in total. The number of benzene rings is 1. The van der Waals surface area contributed by atoms with Crippen LogP contribution in [0.3, 0.4) is 0 Å². The smallest absolute Gasteiger partial charge is 0.0551 e. The van der Waals surface area contributed by atoms with Crippen molar-refractivity contribution in [3.05, 3.63) is 33.3 Å². The highest BCUT2D eigenvalue weighted by molar-refractivity contribution is 9.10. The van der Waals surface area contributed by atoms with Crippen molar-refractivity contribution in [1.82, 2.24) is 10.2 Å². The van der Waals surface area contributed by atoms with Crippen LogP contribution in [-0.2, 0) is 6.54 Å². The van der Waals surface area contributed by atoms with Gasteiger partial charge in [0.1, 0.15) is 0 Å². The van der Waals surface area contributed by atoms with Crippen LogP contribution in [-0.4, -0.2) is 30.6 Å². The molecule has 0 aliphatic carbocycles. The standard InChI is InChI=1S/C14H20BrClN2/c1-2-18-7-3-4-12(10-18)17-9-11-5-6-13(15)14(16)8-11/h5-6,8,12,17H,2-4,7,9-10H2,1H3. The van der Waals surface area contributed by atoms with E-state index in [1.807, 2.05) is 12.1 Å². The summed E-state index contributed by atoms with van der Waals surface area (Å²) in [6.45, 7) is 6.70. The number of halogens is 2. The van der Waals surface area contributed by atoms with Crippen molar-refractivity contribution in [2.75, 3.05) is 19.6 Å². The lowest BCUT2D eigenvalue weighted by atomic mass is 10.1. The molecule has 1 aromatic carbocycles. The van der Waals surface area contributed by atoms with Crippen LogP contribution in [0.4, 0.5) is 0 Å². The zero-order valence-corrected chi connectivity index (χ0v) is 13.1. The van der Waals surface area contributed by atoms with Crippen molar-refractivity contribution in [3.63, 3.8) is 0 Å². The first-order valence-corrected chi connectivity index (χ1v) is 7.76. The van der Waals surface area contributed by atoms with Crippen LogP contribution in [0.2, 0.25) is 5.02 Å². The van der Waals surface area contributed by atoms with Gasteiger partial charge in [-0.15, -0.1) is 0 Å². The van der Waals surface area contributed by atoms with Crippen molar-refractivity contribution in [3.8, 4) is 0 Å². The summed E-state index contributed by atoms with van der Waals surface area (Å²) >= 11 is 9.51. The third-order valence-corrected chi connectivity index (χ3v) is 4.76. The summed E-state index contributed by atoms with van der Waals surface area (Å²) in [5.74, 6) is 0. The Morgan fingerprint density at radius 3 is 3.06 bits per heavy atom. The molecule has 4 heteroatoms. The molecule has 1 N–H and O–H groups in total. The Bertz CT molecular complexity index is 397. The van der Waals surface area contributed by atoms with Gasteiger partial charge in [0.25, 0.3) is 0 Å². The Morgan fingerprint density at radius 1 is 1.50 bits per heavy atom. The minimum Gasteiger partial charge on any atom is -0.309 e. The average molecular weight is 332 g/mol. The van der Waals surface area contributed by atoms with Crippen LogP contribution < -0.4 is 5.32 Å². The van der Waals surface area contributed by atoms with Crippen LogP contribution in [0.1, 0.15) is 25.3 Å². The zero-order chi connectivity index (χ0) is 13.0. The van der Waals surface area contributed by atoms with Gasteiger partial charge in [-0.05, 0) is 59.6 Å². The summed E-state index contributed by atoms with van der Waals surface area (Å²) < 4.78 is 0.961. The third kappa shape index (κ3) is 3.95. The van der Waals surface area contributed by atoms with E-state index < -0.39 is 0 Å². The maximum Gasteiger partial charge on any atom is 0.0551 e. The molecule has 0 radical (unpaired) electrons. The second-order valence-electron chi connectivity index (χ2n) is 4.86. The summed E-state index contributed by atoms with van der Waals surface area (Å²) in [5.41, 5.74) is 1.25. The molecule has 1 atom stereocenters. The van der Waals surface area contributed by atoms with E-state index in [1.54, 1.807) is 0 Å². The van der Waals surface area contributed by atoms with E-state index in [-0.39, 0.29) is 0 Å². The second-order valence-corrected chi connectivity index (χ2v) is 6.12. The van der Waals surface area contributed by atoms with Gasteiger partial charge in [-0.2, -0.15) is 0 Å². The molecule has 1 fully saturated rings. The van der Waals surface area contributed by atoms with Gasteiger partial charge in [0, 0.05) is 23.6 Å². The van der Waals surface area contributed by atoms with E-state index in [1.165, 1.54) is 31.5 Å². The first-order chi connectivity index (χ1) is 8.69. The molecular formula is C14H20BrClN2. The Balaban J connectivity index is 1.85. The molecule has 0 aromatic heterocycles. The summed E-state index contributed by atoms with van der Waals surface area (Å²) in [6.07, 6.45) is 2.58. The Kier molecular flexibility index (Phi) is 5.49. The van der Waals surface area contributed by atoms with E-state index in [9.17, 15) is 0 Å². The van der Waals surface area contributed by atoms with Crippen molar-refractivity contribution in [1.29, 1.82) is 0 Å². The Labute approximate surface area is 123 Å². The van der Waals surface area contributed by atoms with Crippen molar-refractivity contribution >= 4 is 27.5 Å². The monoisotopic (exact) mass is 330 g/mol. The van der Waals surface area contributed by atoms with E-state index in [4.69, 9.17) is 11.6 Å². The number of likely N-dealkylation sites (N-methyl/N-ethyl adjacent to an activating group) is 1. The molecule has 1 heterocycles. The predicted molar refractivity (Wildman–Crippen MR) is 81.1 cm³/mol. The van der Waals surface area contributed by atoms with Gasteiger partial charge < -0.3 is 10.2 Å². The van der Waals surface area contributed by atoms with Crippen LogP contribution in [0.5, 0.6) is 0 Å². The number of piperidine rings is 1. The van der Waals surface area contributed by atoms with E-state index in [0.717, 1.165) is 22.6 Å². The maximum absolute atomic E-state index is 6.10. The lowest BCUT2D eigenvalue weighted by Gasteiger charge is -2.32. The molecule has 0 spiro atoms. The quantitative estimate of drug-likeness (QED) is 0.905. The number of rotatable bonds is 4. The number of hydrogen-bond donors (Lipinski definition) is 1. The van der Waals surface area contributed by atoms with Gasteiger partial charge in [-0.3, -0.25) is 0 Å². The first-order valence-electron chi connectivity index (χ1n) is 6.58. The summed E-state index contributed by atoms with van der Waals surface area (Å²) in [5, 5.41) is 4.42. The highest BCUT2D eigenvalue weighted by Gasteiger charge is 2.17. The minimum atomic E-state index is 0.612. The fourth-order valence-electron chi connectivity index (χ4n) is 2.42. The number of likely N-dealkylation sites (tertiary alicyclic amines) is 1. The zero-order valence-electron chi connectivity index (χ0n) is 10.8. The number of nitrogens with one attached hydrogen (secondary N) is 1. The first kappa shape index (κ1) is 14.3. The third-order valence-electron chi connectivity index (χ3n) is 3.53. The van der Waals surface area contributed by atoms with Gasteiger partial charge in [-0.1, -0.05) is 24.6 Å². The van der Waals surface area contributed by atoms with E-state index in [0.29, 0.717) is 6.04 Å². The summed E-state index contributed by atoms with van der Waals surface area (Å²) in [7, 11) is 0. The minimum absolute atomic E-state index is 0.612. The largest absolute Gasteiger partial charge is 0.309 e. The molecule has 2 rings (SSSR count). The summed E-state index contributed by atoms with van der Waals surface area (Å²) in [4.78, 5) is 2.51. The molecule has 1 unspecified atom stereocenters. The fourth-order valence-corrected chi connectivity index (χ4v) is 2.87. The molecule has 1 aromatic rings. The van der Waals surface area contributed by atoms with Crippen LogP contribution in [0.15, 0.2) is 22.7 Å².